The molecule has 2 heterocycles. The van der Waals surface area contributed by atoms with Gasteiger partial charge in [-0.1, -0.05) is 97.1 Å². The molecule has 0 spiro atoms. The van der Waals surface area contributed by atoms with Crippen molar-refractivity contribution in [2.24, 2.45) is 0 Å². The summed E-state index contributed by atoms with van der Waals surface area (Å²) in [5.41, 5.74) is 3.57. The molecular formula is C52H56N6O7. The highest BCUT2D eigenvalue weighted by Gasteiger charge is 2.21. The minimum atomic E-state index is -1.08. The minimum Gasteiger partial charge on any atom is -0.480 e. The lowest BCUT2D eigenvalue weighted by atomic mass is 10.2. The van der Waals surface area contributed by atoms with Crippen LogP contribution in [-0.4, -0.2) is 109 Å². The number of amides is 3. The number of piperazine rings is 2. The maximum atomic E-state index is 12.5. The highest BCUT2D eigenvalue weighted by Crippen LogP contribution is 2.22. The van der Waals surface area contributed by atoms with Crippen molar-refractivity contribution in [3.63, 3.8) is 0 Å². The smallest absolute Gasteiger partial charge is 0.322 e. The van der Waals surface area contributed by atoms with Crippen LogP contribution in [0.15, 0.2) is 170 Å². The van der Waals surface area contributed by atoms with E-state index in [-0.39, 0.29) is 18.4 Å². The molecule has 0 aliphatic carbocycles. The van der Waals surface area contributed by atoms with E-state index in [4.69, 9.17) is 14.6 Å². The van der Waals surface area contributed by atoms with Gasteiger partial charge in [0.15, 0.2) is 0 Å². The third-order valence-corrected chi connectivity index (χ3v) is 10.4. The minimum absolute atomic E-state index is 0.000213. The molecule has 0 bridgehead atoms. The number of hydrogen-bond donors (Lipinski definition) is 4. The molecule has 13 heteroatoms. The Morgan fingerprint density at radius 1 is 0.462 bits per heavy atom. The Labute approximate surface area is 380 Å². The standard InChI is InChI=1S/C26H27N3O3.C15H13NO4.C11H16N2/c30-25(29-17-15-28(16-18-29)20-21-7-3-1-4-8-21)19-27-26(31)22-11-13-24(14-12-22)32-23-9-5-2-6-10-23;17-14(18)10-16-15(19)11-6-8-13(9-7-11)20-12-4-2-1-3-5-12;1-2-4-11(5-3-1)10-13-8-6-12-7-9-13/h1-14H,15-20H2,(H,27,31);1-9H,10H2,(H,16,19)(H,17,18);1-5,12H,6-10H2. The van der Waals surface area contributed by atoms with Gasteiger partial charge in [-0.15, -0.1) is 0 Å². The van der Waals surface area contributed by atoms with Crippen LogP contribution >= 0.6 is 0 Å². The van der Waals surface area contributed by atoms with Gasteiger partial charge in [0.25, 0.3) is 11.8 Å². The highest BCUT2D eigenvalue weighted by atomic mass is 16.5. The third-order valence-electron chi connectivity index (χ3n) is 10.4. The van der Waals surface area contributed by atoms with E-state index in [1.54, 1.807) is 48.5 Å². The molecule has 6 aromatic rings. The molecule has 0 atom stereocenters. The average Bonchev–Trinajstić information content (AvgIpc) is 3.35. The maximum absolute atomic E-state index is 12.5. The molecule has 6 aromatic carbocycles. The summed E-state index contributed by atoms with van der Waals surface area (Å²) < 4.78 is 11.3. The molecule has 2 aliphatic heterocycles. The Morgan fingerprint density at radius 2 is 0.831 bits per heavy atom. The number of carboxylic acid groups (broad SMARTS) is 1. The summed E-state index contributed by atoms with van der Waals surface area (Å²) in [5, 5.41) is 16.9. The van der Waals surface area contributed by atoms with E-state index in [2.05, 4.69) is 68.2 Å². The van der Waals surface area contributed by atoms with Crippen molar-refractivity contribution in [3.05, 3.63) is 192 Å². The molecular weight excluding hydrogens is 821 g/mol. The summed E-state index contributed by atoms with van der Waals surface area (Å²) in [6, 6.07) is 53.1. The quantitative estimate of drug-likeness (QED) is 0.0906. The molecule has 4 N–H and O–H groups in total. The molecule has 2 saturated heterocycles. The van der Waals surface area contributed by atoms with Crippen molar-refractivity contribution >= 4 is 23.7 Å². The molecule has 65 heavy (non-hydrogen) atoms. The average molecular weight is 877 g/mol. The number of para-hydroxylation sites is 2. The van der Waals surface area contributed by atoms with Crippen molar-refractivity contribution in [1.82, 2.24) is 30.7 Å². The SMILES string of the molecule is O=C(NCC(=O)N1CCN(Cc2ccccc2)CC1)c1ccc(Oc2ccccc2)cc1.O=C(O)CNC(=O)c1ccc(Oc2ccccc2)cc1.c1ccc(CN2CCNCC2)cc1. The lowest BCUT2D eigenvalue weighted by Gasteiger charge is -2.34. The van der Waals surface area contributed by atoms with Gasteiger partial charge in [-0.2, -0.15) is 0 Å². The fourth-order valence-electron chi connectivity index (χ4n) is 6.93. The number of hydrogen-bond acceptors (Lipinski definition) is 9. The number of aliphatic carboxylic acids is 1. The van der Waals surface area contributed by atoms with Gasteiger partial charge >= 0.3 is 5.97 Å². The summed E-state index contributed by atoms with van der Waals surface area (Å²) >= 11 is 0. The molecule has 2 fully saturated rings. The van der Waals surface area contributed by atoms with Gasteiger partial charge in [0.1, 0.15) is 29.5 Å². The topological polar surface area (TPSA) is 153 Å². The van der Waals surface area contributed by atoms with E-state index >= 15 is 0 Å². The number of carbonyl (C=O) groups excluding carboxylic acids is 3. The zero-order valence-corrected chi connectivity index (χ0v) is 36.4. The largest absolute Gasteiger partial charge is 0.480 e. The van der Waals surface area contributed by atoms with Crippen LogP contribution in [-0.2, 0) is 22.7 Å². The van der Waals surface area contributed by atoms with Crippen LogP contribution in [0.3, 0.4) is 0 Å². The van der Waals surface area contributed by atoms with Gasteiger partial charge < -0.3 is 35.4 Å². The second kappa shape index (κ2) is 25.7. The number of carbonyl (C=O) groups is 4. The van der Waals surface area contributed by atoms with Crippen LogP contribution in [0.25, 0.3) is 0 Å². The second-order valence-corrected chi connectivity index (χ2v) is 15.3. The molecule has 0 aromatic heterocycles. The van der Waals surface area contributed by atoms with Crippen molar-refractivity contribution in [1.29, 1.82) is 0 Å². The molecule has 3 amide bonds. The monoisotopic (exact) mass is 876 g/mol. The summed E-state index contributed by atoms with van der Waals surface area (Å²) in [5.74, 6) is 0.855. The van der Waals surface area contributed by atoms with Gasteiger partial charge in [-0.05, 0) is 83.9 Å². The van der Waals surface area contributed by atoms with E-state index in [0.29, 0.717) is 41.5 Å². The molecule has 0 saturated carbocycles. The van der Waals surface area contributed by atoms with Crippen LogP contribution in [0.5, 0.6) is 23.0 Å². The van der Waals surface area contributed by atoms with Crippen molar-refractivity contribution < 1.29 is 33.8 Å². The molecule has 13 nitrogen and oxygen atoms in total. The Bertz CT molecular complexity index is 2340. The number of rotatable bonds is 14. The highest BCUT2D eigenvalue weighted by molar-refractivity contribution is 5.97. The Hall–Kier alpha value is -7.32. The Balaban J connectivity index is 0.000000180. The van der Waals surface area contributed by atoms with Crippen LogP contribution in [0, 0.1) is 0 Å². The molecule has 8 rings (SSSR count). The summed E-state index contributed by atoms with van der Waals surface area (Å²) in [7, 11) is 0. The predicted molar refractivity (Wildman–Crippen MR) is 251 cm³/mol. The first-order valence-corrected chi connectivity index (χ1v) is 21.7. The fourth-order valence-corrected chi connectivity index (χ4v) is 6.93. The molecule has 336 valence electrons. The maximum Gasteiger partial charge on any atom is 0.322 e. The van der Waals surface area contributed by atoms with Crippen molar-refractivity contribution in [3.8, 4) is 23.0 Å². The predicted octanol–water partition coefficient (Wildman–Crippen LogP) is 6.94. The number of nitrogens with one attached hydrogen (secondary N) is 3. The summed E-state index contributed by atoms with van der Waals surface area (Å²) in [6.07, 6.45) is 0. The van der Waals surface area contributed by atoms with Gasteiger partial charge in [-0.3, -0.25) is 29.0 Å². The van der Waals surface area contributed by atoms with Gasteiger partial charge in [0.05, 0.1) is 6.54 Å². The molecule has 0 unspecified atom stereocenters. The zero-order valence-electron chi connectivity index (χ0n) is 36.4. The van der Waals surface area contributed by atoms with Crippen molar-refractivity contribution in [2.75, 3.05) is 65.4 Å². The van der Waals surface area contributed by atoms with Gasteiger partial charge in [0, 0.05) is 76.6 Å². The lowest BCUT2D eigenvalue weighted by molar-refractivity contribution is -0.136. The number of carboxylic acids is 1. The van der Waals surface area contributed by atoms with Crippen LogP contribution < -0.4 is 25.4 Å². The fraction of sp³-hybridized carbons (Fsp3) is 0.231. The Morgan fingerprint density at radius 3 is 1.25 bits per heavy atom. The van der Waals surface area contributed by atoms with E-state index in [1.165, 1.54) is 24.2 Å². The van der Waals surface area contributed by atoms with E-state index in [0.717, 1.165) is 45.0 Å². The van der Waals surface area contributed by atoms with Crippen LogP contribution in [0.4, 0.5) is 0 Å². The summed E-state index contributed by atoms with van der Waals surface area (Å²) in [4.78, 5) is 53.6. The van der Waals surface area contributed by atoms with E-state index in [1.807, 2.05) is 83.8 Å². The van der Waals surface area contributed by atoms with Crippen LogP contribution in [0.1, 0.15) is 31.8 Å². The van der Waals surface area contributed by atoms with Crippen molar-refractivity contribution in [2.45, 2.75) is 13.1 Å². The number of nitrogens with zero attached hydrogens (tertiary/aromatic N) is 3. The number of ether oxygens (including phenoxy) is 2. The zero-order chi connectivity index (χ0) is 45.5. The first-order chi connectivity index (χ1) is 31.8. The second-order valence-electron chi connectivity index (χ2n) is 15.3. The third kappa shape index (κ3) is 16.7. The molecule has 2 aliphatic rings. The van der Waals surface area contributed by atoms with Gasteiger partial charge in [-0.25, -0.2) is 0 Å². The Kier molecular flexibility index (Phi) is 18.7. The van der Waals surface area contributed by atoms with E-state index < -0.39 is 18.4 Å². The lowest BCUT2D eigenvalue weighted by Crippen LogP contribution is -2.50. The van der Waals surface area contributed by atoms with Crippen LogP contribution in [0.2, 0.25) is 0 Å². The molecule has 0 radical (unpaired) electrons. The summed E-state index contributed by atoms with van der Waals surface area (Å²) in [6.45, 7) is 9.21. The normalized spacial score (nSPS) is 13.7. The van der Waals surface area contributed by atoms with Gasteiger partial charge in [0.2, 0.25) is 5.91 Å². The number of benzene rings is 6. The first-order valence-electron chi connectivity index (χ1n) is 21.7. The van der Waals surface area contributed by atoms with E-state index in [9.17, 15) is 19.2 Å². The first kappa shape index (κ1) is 47.2.